The lowest BCUT2D eigenvalue weighted by molar-refractivity contribution is 0.738. The van der Waals surface area contributed by atoms with Gasteiger partial charge in [-0.15, -0.1) is 0 Å². The van der Waals surface area contributed by atoms with Gasteiger partial charge in [0.1, 0.15) is 0 Å². The highest BCUT2D eigenvalue weighted by Gasteiger charge is 2.17. The minimum Gasteiger partial charge on any atom is -0.333 e. The van der Waals surface area contributed by atoms with Gasteiger partial charge in [0.2, 0.25) is 0 Å². The molecule has 3 rings (SSSR count). The molecule has 0 bridgehead atoms. The Labute approximate surface area is 121 Å². The van der Waals surface area contributed by atoms with Crippen molar-refractivity contribution in [3.63, 3.8) is 0 Å². The Morgan fingerprint density at radius 2 is 2.32 bits per heavy atom. The van der Waals surface area contributed by atoms with Crippen LogP contribution in [0.3, 0.4) is 0 Å². The Kier molecular flexibility index (Phi) is 3.62. The molecule has 0 fully saturated rings. The average molecular weight is 292 g/mol. The second-order valence-electron chi connectivity index (χ2n) is 4.43. The summed E-state index contributed by atoms with van der Waals surface area (Å²) in [6.07, 6.45) is 2.86. The molecule has 98 valence electrons. The molecular formula is C14H14ClN3S. The maximum absolute atomic E-state index is 6.19. The summed E-state index contributed by atoms with van der Waals surface area (Å²) in [6, 6.07) is 8.16. The van der Waals surface area contributed by atoms with Crippen LogP contribution in [0.15, 0.2) is 35.5 Å². The number of hydrogen-bond donors (Lipinski definition) is 1. The maximum Gasteiger partial charge on any atom is 0.161 e. The van der Waals surface area contributed by atoms with Gasteiger partial charge in [0.15, 0.2) is 5.17 Å². The van der Waals surface area contributed by atoms with Crippen molar-refractivity contribution in [3.8, 4) is 0 Å². The van der Waals surface area contributed by atoms with Crippen molar-refractivity contribution in [2.45, 2.75) is 19.4 Å². The Bertz CT molecular complexity index is 642. The Morgan fingerprint density at radius 3 is 3.11 bits per heavy atom. The molecule has 3 nitrogen and oxygen atoms in total. The number of aromatic nitrogens is 1. The van der Waals surface area contributed by atoms with Gasteiger partial charge in [-0.25, -0.2) is 0 Å². The lowest BCUT2D eigenvalue weighted by Gasteiger charge is -2.09. The Hall–Kier alpha value is -1.26. The van der Waals surface area contributed by atoms with Gasteiger partial charge in [-0.3, -0.25) is 9.98 Å². The van der Waals surface area contributed by atoms with Gasteiger partial charge in [0.05, 0.1) is 22.3 Å². The Morgan fingerprint density at radius 1 is 1.42 bits per heavy atom. The molecule has 1 atom stereocenters. The number of nitrogens with one attached hydrogen (secondary N) is 1. The van der Waals surface area contributed by atoms with E-state index in [1.54, 1.807) is 18.0 Å². The lowest BCUT2D eigenvalue weighted by Crippen LogP contribution is -2.06. The highest BCUT2D eigenvalue weighted by atomic mass is 35.5. The van der Waals surface area contributed by atoms with Crippen molar-refractivity contribution >= 4 is 45.1 Å². The molecule has 1 N–H and O–H groups in total. The third kappa shape index (κ3) is 2.55. The summed E-state index contributed by atoms with van der Waals surface area (Å²) < 4.78 is 0. The summed E-state index contributed by atoms with van der Waals surface area (Å²) in [4.78, 5) is 9.05. The number of hydrogen-bond acceptors (Lipinski definition) is 4. The number of aliphatic imine (C=N–C) groups is 1. The number of pyridine rings is 1. The summed E-state index contributed by atoms with van der Waals surface area (Å²) >= 11 is 7.95. The number of nitrogens with zero attached hydrogens (tertiary/aromatic N) is 2. The van der Waals surface area contributed by atoms with Crippen LogP contribution < -0.4 is 5.32 Å². The molecule has 19 heavy (non-hydrogen) atoms. The fraction of sp³-hybridized carbons (Fsp3) is 0.286. The number of halogens is 1. The van der Waals surface area contributed by atoms with Crippen molar-refractivity contribution in [2.75, 3.05) is 11.1 Å². The van der Waals surface area contributed by atoms with E-state index in [-0.39, 0.29) is 0 Å². The minimum absolute atomic E-state index is 0.430. The molecule has 1 aliphatic heterocycles. The first-order valence-electron chi connectivity index (χ1n) is 6.29. The van der Waals surface area contributed by atoms with Crippen LogP contribution in [0.2, 0.25) is 5.02 Å². The number of thioether (sulfide) groups is 1. The molecule has 0 spiro atoms. The monoisotopic (exact) mass is 291 g/mol. The van der Waals surface area contributed by atoms with Crippen molar-refractivity contribution < 1.29 is 0 Å². The fourth-order valence-corrected chi connectivity index (χ4v) is 3.33. The first-order chi connectivity index (χ1) is 9.28. The molecule has 1 aromatic carbocycles. The zero-order valence-corrected chi connectivity index (χ0v) is 12.1. The quantitative estimate of drug-likeness (QED) is 0.902. The summed E-state index contributed by atoms with van der Waals surface area (Å²) in [5, 5.41) is 6.03. The highest BCUT2D eigenvalue weighted by molar-refractivity contribution is 8.14. The molecule has 1 unspecified atom stereocenters. The molecule has 2 heterocycles. The van der Waals surface area contributed by atoms with E-state index in [2.05, 4.69) is 22.2 Å². The predicted molar refractivity (Wildman–Crippen MR) is 84.3 cm³/mol. The summed E-state index contributed by atoms with van der Waals surface area (Å²) in [7, 11) is 0. The number of fused-ring (bicyclic) bond motifs is 1. The smallest absolute Gasteiger partial charge is 0.161 e. The van der Waals surface area contributed by atoms with Crippen LogP contribution in [-0.2, 0) is 0 Å². The van der Waals surface area contributed by atoms with Crippen LogP contribution in [0.1, 0.15) is 13.3 Å². The zero-order chi connectivity index (χ0) is 13.2. The minimum atomic E-state index is 0.430. The molecule has 2 aromatic rings. The van der Waals surface area contributed by atoms with Crippen molar-refractivity contribution in [1.29, 1.82) is 0 Å². The van der Waals surface area contributed by atoms with E-state index >= 15 is 0 Å². The van der Waals surface area contributed by atoms with Crippen LogP contribution >= 0.6 is 23.4 Å². The standard InChI is InChI=1S/C14H14ClN3S/c1-2-9-8-19-14(17-9)18-12-6-5-11(15)10-4-3-7-16-13(10)12/h3-7,9H,2,8H2,1H3,(H,17,18). The highest BCUT2D eigenvalue weighted by Crippen LogP contribution is 2.30. The summed E-state index contributed by atoms with van der Waals surface area (Å²) in [5.41, 5.74) is 1.85. The number of rotatable bonds is 2. The van der Waals surface area contributed by atoms with Gasteiger partial charge in [-0.2, -0.15) is 0 Å². The molecule has 0 saturated carbocycles. The third-order valence-electron chi connectivity index (χ3n) is 3.14. The van der Waals surface area contributed by atoms with Crippen LogP contribution in [0.4, 0.5) is 5.69 Å². The Balaban J connectivity index is 1.96. The van der Waals surface area contributed by atoms with Gasteiger partial charge in [-0.05, 0) is 30.7 Å². The molecule has 1 aromatic heterocycles. The van der Waals surface area contributed by atoms with Crippen LogP contribution in [0, 0.1) is 0 Å². The molecule has 0 amide bonds. The normalized spacial score (nSPS) is 18.6. The van der Waals surface area contributed by atoms with Crippen molar-refractivity contribution in [3.05, 3.63) is 35.5 Å². The van der Waals surface area contributed by atoms with Crippen LogP contribution in [-0.4, -0.2) is 21.9 Å². The number of amidine groups is 1. The van der Waals surface area contributed by atoms with Crippen LogP contribution in [0.25, 0.3) is 10.9 Å². The summed E-state index contributed by atoms with van der Waals surface area (Å²) in [5.74, 6) is 1.05. The van der Waals surface area contributed by atoms with Gasteiger partial charge in [0, 0.05) is 17.3 Å². The molecule has 0 saturated heterocycles. The van der Waals surface area contributed by atoms with E-state index in [0.717, 1.165) is 39.0 Å². The zero-order valence-electron chi connectivity index (χ0n) is 10.6. The second kappa shape index (κ2) is 5.39. The predicted octanol–water partition coefficient (Wildman–Crippen LogP) is 4.18. The van der Waals surface area contributed by atoms with Gasteiger partial charge < -0.3 is 5.32 Å². The third-order valence-corrected chi connectivity index (χ3v) is 4.50. The van der Waals surface area contributed by atoms with E-state index in [0.29, 0.717) is 6.04 Å². The summed E-state index contributed by atoms with van der Waals surface area (Å²) in [6.45, 7) is 2.16. The maximum atomic E-state index is 6.19. The molecule has 0 aliphatic carbocycles. The van der Waals surface area contributed by atoms with Gasteiger partial charge in [-0.1, -0.05) is 30.3 Å². The molecule has 0 radical (unpaired) electrons. The van der Waals surface area contributed by atoms with E-state index in [4.69, 9.17) is 11.6 Å². The number of anilines is 1. The molecular weight excluding hydrogens is 278 g/mol. The average Bonchev–Trinajstić information content (AvgIpc) is 2.90. The number of benzene rings is 1. The van der Waals surface area contributed by atoms with Crippen LogP contribution in [0.5, 0.6) is 0 Å². The fourth-order valence-electron chi connectivity index (χ4n) is 2.05. The van der Waals surface area contributed by atoms with E-state index in [1.807, 2.05) is 24.3 Å². The second-order valence-corrected chi connectivity index (χ2v) is 5.84. The van der Waals surface area contributed by atoms with Crippen molar-refractivity contribution in [1.82, 2.24) is 4.98 Å². The van der Waals surface area contributed by atoms with Gasteiger partial charge in [0.25, 0.3) is 0 Å². The van der Waals surface area contributed by atoms with Crippen molar-refractivity contribution in [2.24, 2.45) is 4.99 Å². The van der Waals surface area contributed by atoms with E-state index in [9.17, 15) is 0 Å². The lowest BCUT2D eigenvalue weighted by atomic mass is 10.2. The largest absolute Gasteiger partial charge is 0.333 e. The van der Waals surface area contributed by atoms with Gasteiger partial charge >= 0.3 is 0 Å². The first-order valence-corrected chi connectivity index (χ1v) is 7.65. The topological polar surface area (TPSA) is 37.3 Å². The van der Waals surface area contributed by atoms with E-state index in [1.165, 1.54) is 0 Å². The van der Waals surface area contributed by atoms with E-state index < -0.39 is 0 Å². The first kappa shape index (κ1) is 12.8. The molecule has 5 heteroatoms. The SMILES string of the molecule is CCC1CSC(Nc2ccc(Cl)c3cccnc23)=N1. The molecule has 1 aliphatic rings.